The maximum absolute atomic E-state index is 5.32. The van der Waals surface area contributed by atoms with Gasteiger partial charge in [-0.1, -0.05) is 11.6 Å². The van der Waals surface area contributed by atoms with E-state index in [2.05, 4.69) is 48.8 Å². The van der Waals surface area contributed by atoms with Crippen LogP contribution in [0.1, 0.15) is 30.5 Å². The number of hydrogen-bond acceptors (Lipinski definition) is 3. The van der Waals surface area contributed by atoms with E-state index in [1.165, 1.54) is 16.7 Å². The molecule has 1 heterocycles. The van der Waals surface area contributed by atoms with Gasteiger partial charge in [-0.2, -0.15) is 0 Å². The van der Waals surface area contributed by atoms with Crippen LogP contribution in [0.3, 0.4) is 0 Å². The molecule has 5 heteroatoms. The molecule has 22 heavy (non-hydrogen) atoms. The number of hydrogen-bond donors (Lipinski definition) is 1. The molecular weight excluding hydrogens is 319 g/mol. The third-order valence-corrected chi connectivity index (χ3v) is 3.97. The van der Waals surface area contributed by atoms with E-state index in [1.807, 2.05) is 0 Å². The van der Waals surface area contributed by atoms with Crippen molar-refractivity contribution >= 4 is 24.8 Å². The van der Waals surface area contributed by atoms with Crippen molar-refractivity contribution in [2.45, 2.75) is 26.3 Å². The van der Waals surface area contributed by atoms with Crippen LogP contribution in [0.15, 0.2) is 30.4 Å². The topological polar surface area (TPSA) is 24.5 Å². The van der Waals surface area contributed by atoms with Gasteiger partial charge in [0.2, 0.25) is 0 Å². The first kappa shape index (κ1) is 21.3. The number of halogens is 2. The quantitative estimate of drug-likeness (QED) is 0.821. The maximum atomic E-state index is 5.32. The van der Waals surface area contributed by atoms with Crippen molar-refractivity contribution < 1.29 is 4.74 Å². The second-order valence-corrected chi connectivity index (χ2v) is 5.69. The van der Waals surface area contributed by atoms with Crippen LogP contribution < -0.4 is 10.1 Å². The van der Waals surface area contributed by atoms with Crippen LogP contribution >= 0.6 is 24.8 Å². The van der Waals surface area contributed by atoms with Gasteiger partial charge in [0, 0.05) is 32.2 Å². The molecule has 1 N–H and O–H groups in total. The highest BCUT2D eigenvalue weighted by Crippen LogP contribution is 2.31. The van der Waals surface area contributed by atoms with Gasteiger partial charge in [-0.3, -0.25) is 4.90 Å². The van der Waals surface area contributed by atoms with Crippen LogP contribution in [-0.2, 0) is 0 Å². The lowest BCUT2D eigenvalue weighted by molar-refractivity contribution is 0.172. The Balaban J connectivity index is 0.00000220. The summed E-state index contributed by atoms with van der Waals surface area (Å²) in [6, 6.07) is 6.84. The largest absolute Gasteiger partial charge is 0.497 e. The molecule has 3 nitrogen and oxygen atoms in total. The number of ether oxygens (including phenoxy) is 1. The van der Waals surface area contributed by atoms with Crippen LogP contribution in [-0.4, -0.2) is 38.2 Å². The van der Waals surface area contributed by atoms with Gasteiger partial charge in [-0.15, -0.1) is 31.4 Å². The summed E-state index contributed by atoms with van der Waals surface area (Å²) in [6.45, 7) is 12.7. The molecule has 0 aliphatic carbocycles. The maximum Gasteiger partial charge on any atom is 0.119 e. The molecule has 1 aromatic carbocycles. The third-order valence-electron chi connectivity index (χ3n) is 3.97. The summed E-state index contributed by atoms with van der Waals surface area (Å²) in [5, 5.41) is 3.42. The first-order chi connectivity index (χ1) is 9.61. The predicted molar refractivity (Wildman–Crippen MR) is 98.8 cm³/mol. The van der Waals surface area contributed by atoms with E-state index in [1.54, 1.807) is 7.11 Å². The zero-order chi connectivity index (χ0) is 14.5. The van der Waals surface area contributed by atoms with Crippen molar-refractivity contribution in [3.05, 3.63) is 41.5 Å². The number of nitrogens with zero attached hydrogens (tertiary/aromatic N) is 1. The molecule has 0 aromatic heterocycles. The standard InChI is InChI=1S/C17H26N2O.2ClH/c1-13(2)11-17(19-9-7-18-8-10-19)16-6-5-15(20-4)12-14(16)3;;/h5-6,12,17-18H,1,7-11H2,2-4H3;2*1H/t17-;;/m1../s1. The van der Waals surface area contributed by atoms with Crippen LogP contribution in [0.4, 0.5) is 0 Å². The van der Waals surface area contributed by atoms with Crippen molar-refractivity contribution in [1.29, 1.82) is 0 Å². The molecule has 1 fully saturated rings. The molecule has 0 saturated carbocycles. The summed E-state index contributed by atoms with van der Waals surface area (Å²) in [5.74, 6) is 0.931. The summed E-state index contributed by atoms with van der Waals surface area (Å²) in [6.07, 6.45) is 1.02. The molecule has 0 amide bonds. The predicted octanol–water partition coefficient (Wildman–Crippen LogP) is 3.76. The Bertz CT molecular complexity index is 474. The molecule has 0 radical (unpaired) electrons. The van der Waals surface area contributed by atoms with Gasteiger partial charge >= 0.3 is 0 Å². The minimum absolute atomic E-state index is 0. The summed E-state index contributed by atoms with van der Waals surface area (Å²) in [5.41, 5.74) is 3.94. The number of aryl methyl sites for hydroxylation is 1. The molecule has 1 atom stereocenters. The number of nitrogens with one attached hydrogen (secondary N) is 1. The zero-order valence-corrected chi connectivity index (χ0v) is 15.4. The van der Waals surface area contributed by atoms with Gasteiger partial charge in [0.15, 0.2) is 0 Å². The van der Waals surface area contributed by atoms with E-state index >= 15 is 0 Å². The van der Waals surface area contributed by atoms with Gasteiger partial charge in [-0.05, 0) is 43.5 Å². The second-order valence-electron chi connectivity index (χ2n) is 5.69. The van der Waals surface area contributed by atoms with E-state index in [9.17, 15) is 0 Å². The first-order valence-corrected chi connectivity index (χ1v) is 7.35. The number of benzene rings is 1. The van der Waals surface area contributed by atoms with E-state index < -0.39 is 0 Å². The lowest BCUT2D eigenvalue weighted by atomic mass is 9.94. The Labute approximate surface area is 146 Å². The Morgan fingerprint density at radius 3 is 2.45 bits per heavy atom. The molecule has 0 spiro atoms. The minimum atomic E-state index is 0. The molecule has 0 unspecified atom stereocenters. The van der Waals surface area contributed by atoms with E-state index in [0.29, 0.717) is 6.04 Å². The third kappa shape index (κ3) is 5.47. The highest BCUT2D eigenvalue weighted by molar-refractivity contribution is 5.85. The van der Waals surface area contributed by atoms with Crippen molar-refractivity contribution in [3.63, 3.8) is 0 Å². The summed E-state index contributed by atoms with van der Waals surface area (Å²) in [7, 11) is 1.72. The van der Waals surface area contributed by atoms with Crippen molar-refractivity contribution in [1.82, 2.24) is 10.2 Å². The number of rotatable bonds is 5. The van der Waals surface area contributed by atoms with E-state index in [0.717, 1.165) is 38.3 Å². The Morgan fingerprint density at radius 2 is 1.95 bits per heavy atom. The van der Waals surface area contributed by atoms with Gasteiger partial charge in [0.1, 0.15) is 5.75 Å². The highest BCUT2D eigenvalue weighted by Gasteiger charge is 2.23. The fraction of sp³-hybridized carbons (Fsp3) is 0.529. The molecule has 1 aliphatic heterocycles. The smallest absolute Gasteiger partial charge is 0.119 e. The lowest BCUT2D eigenvalue weighted by Gasteiger charge is -2.36. The van der Waals surface area contributed by atoms with Crippen molar-refractivity contribution in [2.75, 3.05) is 33.3 Å². The summed E-state index contributed by atoms with van der Waals surface area (Å²) >= 11 is 0. The van der Waals surface area contributed by atoms with Crippen molar-refractivity contribution in [3.8, 4) is 5.75 Å². The number of piperazine rings is 1. The Kier molecular flexibility index (Phi) is 9.77. The molecule has 2 rings (SSSR count). The zero-order valence-electron chi connectivity index (χ0n) is 13.7. The monoisotopic (exact) mass is 346 g/mol. The first-order valence-electron chi connectivity index (χ1n) is 7.35. The average Bonchev–Trinajstić information content (AvgIpc) is 2.45. The van der Waals surface area contributed by atoms with Crippen molar-refractivity contribution in [2.24, 2.45) is 0 Å². The highest BCUT2D eigenvalue weighted by atomic mass is 35.5. The summed E-state index contributed by atoms with van der Waals surface area (Å²) in [4.78, 5) is 2.57. The molecule has 0 bridgehead atoms. The van der Waals surface area contributed by atoms with Crippen LogP contribution in [0.5, 0.6) is 5.75 Å². The molecule has 126 valence electrons. The van der Waals surface area contributed by atoms with E-state index in [4.69, 9.17) is 4.74 Å². The molecule has 1 aromatic rings. The SMILES string of the molecule is C=C(C)C[C@H](c1ccc(OC)cc1C)N1CCNCC1.Cl.Cl. The Morgan fingerprint density at radius 1 is 1.32 bits per heavy atom. The van der Waals surface area contributed by atoms with Crippen LogP contribution in [0.2, 0.25) is 0 Å². The van der Waals surface area contributed by atoms with E-state index in [-0.39, 0.29) is 24.8 Å². The number of methoxy groups -OCH3 is 1. The summed E-state index contributed by atoms with van der Waals surface area (Å²) < 4.78 is 5.32. The molecule has 1 aliphatic rings. The molecular formula is C17H28Cl2N2O. The average molecular weight is 347 g/mol. The lowest BCUT2D eigenvalue weighted by Crippen LogP contribution is -2.45. The van der Waals surface area contributed by atoms with Crippen LogP contribution in [0.25, 0.3) is 0 Å². The fourth-order valence-electron chi connectivity index (χ4n) is 2.91. The Hall–Kier alpha value is -0.740. The van der Waals surface area contributed by atoms with Gasteiger partial charge in [0.25, 0.3) is 0 Å². The molecule has 1 saturated heterocycles. The second kappa shape index (κ2) is 10.1. The fourth-order valence-corrected chi connectivity index (χ4v) is 2.91. The van der Waals surface area contributed by atoms with Gasteiger partial charge in [-0.25, -0.2) is 0 Å². The van der Waals surface area contributed by atoms with Gasteiger partial charge < -0.3 is 10.1 Å². The minimum Gasteiger partial charge on any atom is -0.497 e. The normalized spacial score (nSPS) is 16.1. The van der Waals surface area contributed by atoms with Gasteiger partial charge in [0.05, 0.1) is 7.11 Å². The van der Waals surface area contributed by atoms with Crippen LogP contribution in [0, 0.1) is 6.92 Å².